The van der Waals surface area contributed by atoms with Gasteiger partial charge in [-0.1, -0.05) is 18.1 Å². The first-order valence-corrected chi connectivity index (χ1v) is 7.13. The topological polar surface area (TPSA) is 50.4 Å². The van der Waals surface area contributed by atoms with Crippen LogP contribution in [0.25, 0.3) is 0 Å². The van der Waals surface area contributed by atoms with Crippen molar-refractivity contribution >= 4 is 11.6 Å². The van der Waals surface area contributed by atoms with Crippen LogP contribution in [0.4, 0.5) is 10.1 Å². The summed E-state index contributed by atoms with van der Waals surface area (Å²) in [4.78, 5) is 12.0. The number of carbonyl (C=O) groups excluding carboxylic acids is 1. The van der Waals surface area contributed by atoms with Gasteiger partial charge >= 0.3 is 0 Å². The summed E-state index contributed by atoms with van der Waals surface area (Å²) in [6.07, 6.45) is 5.14. The molecule has 0 aliphatic carbocycles. The molecule has 2 aromatic carbocycles. The van der Waals surface area contributed by atoms with Gasteiger partial charge in [0.15, 0.2) is 0 Å². The molecule has 0 aliphatic heterocycles. The van der Waals surface area contributed by atoms with Crippen LogP contribution < -0.4 is 15.4 Å². The van der Waals surface area contributed by atoms with Crippen molar-refractivity contribution < 1.29 is 13.9 Å². The number of nitrogens with one attached hydrogen (secondary N) is 2. The predicted molar refractivity (Wildman–Crippen MR) is 88.0 cm³/mol. The molecular formula is C18H17FN2O2. The molecule has 1 amide bonds. The van der Waals surface area contributed by atoms with E-state index in [9.17, 15) is 9.18 Å². The van der Waals surface area contributed by atoms with Crippen molar-refractivity contribution in [3.63, 3.8) is 0 Å². The minimum Gasteiger partial charge on any atom is -0.492 e. The molecule has 0 aliphatic rings. The van der Waals surface area contributed by atoms with Crippen molar-refractivity contribution in [3.05, 3.63) is 59.9 Å². The second-order valence-corrected chi connectivity index (χ2v) is 4.66. The summed E-state index contributed by atoms with van der Waals surface area (Å²) >= 11 is 0. The third-order valence-corrected chi connectivity index (χ3v) is 3.02. The molecule has 23 heavy (non-hydrogen) atoms. The highest BCUT2D eigenvalue weighted by Gasteiger charge is 2.09. The predicted octanol–water partition coefficient (Wildman–Crippen LogP) is 2.68. The maximum atomic E-state index is 12.8. The van der Waals surface area contributed by atoms with Gasteiger partial charge in [0, 0.05) is 12.2 Å². The Balaban J connectivity index is 1.87. The lowest BCUT2D eigenvalue weighted by molar-refractivity contribution is 0.0959. The fourth-order valence-corrected chi connectivity index (χ4v) is 1.95. The van der Waals surface area contributed by atoms with Gasteiger partial charge in [-0.2, -0.15) is 0 Å². The van der Waals surface area contributed by atoms with E-state index in [-0.39, 0.29) is 18.3 Å². The van der Waals surface area contributed by atoms with Crippen LogP contribution in [0.2, 0.25) is 0 Å². The van der Waals surface area contributed by atoms with Crippen LogP contribution in [-0.4, -0.2) is 25.6 Å². The Morgan fingerprint density at radius 2 is 1.91 bits per heavy atom. The van der Waals surface area contributed by atoms with E-state index in [1.807, 2.05) is 12.1 Å². The number of ether oxygens (including phenoxy) is 1. The molecule has 0 saturated carbocycles. The number of carbonyl (C=O) groups is 1. The lowest BCUT2D eigenvalue weighted by Gasteiger charge is -2.12. The second-order valence-electron chi connectivity index (χ2n) is 4.66. The monoisotopic (exact) mass is 312 g/mol. The van der Waals surface area contributed by atoms with Crippen molar-refractivity contribution in [1.29, 1.82) is 0 Å². The summed E-state index contributed by atoms with van der Waals surface area (Å²) in [6, 6.07) is 13.0. The van der Waals surface area contributed by atoms with Gasteiger partial charge in [-0.25, -0.2) is 4.39 Å². The van der Waals surface area contributed by atoms with Crippen LogP contribution in [0.1, 0.15) is 10.4 Å². The summed E-state index contributed by atoms with van der Waals surface area (Å²) in [5, 5.41) is 5.77. The zero-order chi connectivity index (χ0) is 16.5. The average Bonchev–Trinajstić information content (AvgIpc) is 2.58. The van der Waals surface area contributed by atoms with Crippen LogP contribution in [0.3, 0.4) is 0 Å². The molecular weight excluding hydrogens is 295 g/mol. The molecule has 2 aromatic rings. The van der Waals surface area contributed by atoms with E-state index in [0.29, 0.717) is 30.2 Å². The summed E-state index contributed by atoms with van der Waals surface area (Å²) < 4.78 is 18.3. The number of benzene rings is 2. The molecule has 2 rings (SSSR count). The minimum absolute atomic E-state index is 0.181. The molecule has 5 heteroatoms. The maximum Gasteiger partial charge on any atom is 0.254 e. The number of amides is 1. The summed E-state index contributed by atoms with van der Waals surface area (Å²) in [5.41, 5.74) is 1.22. The molecule has 0 unspecified atom stereocenters. The van der Waals surface area contributed by atoms with Crippen LogP contribution in [-0.2, 0) is 0 Å². The molecule has 0 bridgehead atoms. The molecule has 0 fully saturated rings. The number of terminal acetylenes is 1. The first-order chi connectivity index (χ1) is 11.2. The Hall–Kier alpha value is -3.00. The number of rotatable bonds is 7. The average molecular weight is 312 g/mol. The minimum atomic E-state index is -0.303. The number of para-hydroxylation sites is 1. The fraction of sp³-hybridized carbons (Fsp3) is 0.167. The van der Waals surface area contributed by atoms with E-state index in [4.69, 9.17) is 11.2 Å². The highest BCUT2D eigenvalue weighted by Crippen LogP contribution is 2.15. The Bertz CT molecular complexity index is 693. The molecule has 4 nitrogen and oxygen atoms in total. The standard InChI is InChI=1S/C18H17FN2O2/c1-2-11-21-18(22)16-5-3-4-6-17(16)20-12-13-23-15-9-7-14(19)8-10-15/h1,3-10,20H,11-13H2,(H,21,22). The smallest absolute Gasteiger partial charge is 0.254 e. The second kappa shape index (κ2) is 8.44. The zero-order valence-corrected chi connectivity index (χ0v) is 12.5. The van der Waals surface area contributed by atoms with E-state index >= 15 is 0 Å². The number of anilines is 1. The quantitative estimate of drug-likeness (QED) is 0.610. The van der Waals surface area contributed by atoms with Crippen molar-refractivity contribution in [3.8, 4) is 18.1 Å². The Morgan fingerprint density at radius 1 is 1.17 bits per heavy atom. The van der Waals surface area contributed by atoms with Crippen molar-refractivity contribution in [2.45, 2.75) is 0 Å². The molecule has 118 valence electrons. The Morgan fingerprint density at radius 3 is 2.65 bits per heavy atom. The van der Waals surface area contributed by atoms with Crippen LogP contribution in [0.15, 0.2) is 48.5 Å². The van der Waals surface area contributed by atoms with Crippen LogP contribution in [0, 0.1) is 18.2 Å². The molecule has 0 radical (unpaired) electrons. The highest BCUT2D eigenvalue weighted by molar-refractivity contribution is 5.99. The lowest BCUT2D eigenvalue weighted by atomic mass is 10.1. The third-order valence-electron chi connectivity index (χ3n) is 3.02. The maximum absolute atomic E-state index is 12.8. The number of halogens is 1. The Kier molecular flexibility index (Phi) is 6.01. The molecule has 0 aromatic heterocycles. The number of hydrogen-bond acceptors (Lipinski definition) is 3. The zero-order valence-electron chi connectivity index (χ0n) is 12.5. The van der Waals surface area contributed by atoms with Gasteiger partial charge in [-0.3, -0.25) is 4.79 Å². The molecule has 0 atom stereocenters. The van der Waals surface area contributed by atoms with Gasteiger partial charge in [0.05, 0.1) is 12.1 Å². The van der Waals surface area contributed by atoms with E-state index < -0.39 is 0 Å². The van der Waals surface area contributed by atoms with Crippen molar-refractivity contribution in [1.82, 2.24) is 5.32 Å². The van der Waals surface area contributed by atoms with Gasteiger partial charge in [0.25, 0.3) is 5.91 Å². The van der Waals surface area contributed by atoms with E-state index in [0.717, 1.165) is 0 Å². The fourth-order valence-electron chi connectivity index (χ4n) is 1.95. The van der Waals surface area contributed by atoms with Crippen molar-refractivity contribution in [2.24, 2.45) is 0 Å². The van der Waals surface area contributed by atoms with Crippen LogP contribution in [0.5, 0.6) is 5.75 Å². The van der Waals surface area contributed by atoms with E-state index in [1.165, 1.54) is 12.1 Å². The molecule has 0 saturated heterocycles. The number of hydrogen-bond donors (Lipinski definition) is 2. The van der Waals surface area contributed by atoms with Crippen LogP contribution >= 0.6 is 0 Å². The SMILES string of the molecule is C#CCNC(=O)c1ccccc1NCCOc1ccc(F)cc1. The largest absolute Gasteiger partial charge is 0.492 e. The summed E-state index contributed by atoms with van der Waals surface area (Å²) in [7, 11) is 0. The van der Waals surface area contributed by atoms with Gasteiger partial charge in [0.2, 0.25) is 0 Å². The van der Waals surface area contributed by atoms with Gasteiger partial charge < -0.3 is 15.4 Å². The summed E-state index contributed by atoms with van der Waals surface area (Å²) in [6.45, 7) is 1.06. The van der Waals surface area contributed by atoms with E-state index in [1.54, 1.807) is 24.3 Å². The Labute approximate surface area is 134 Å². The van der Waals surface area contributed by atoms with E-state index in [2.05, 4.69) is 16.6 Å². The van der Waals surface area contributed by atoms with Crippen molar-refractivity contribution in [2.75, 3.05) is 25.0 Å². The third kappa shape index (κ3) is 5.04. The highest BCUT2D eigenvalue weighted by atomic mass is 19.1. The molecule has 2 N–H and O–H groups in total. The molecule has 0 heterocycles. The first kappa shape index (κ1) is 16.4. The summed E-state index contributed by atoms with van der Waals surface area (Å²) in [5.74, 6) is 2.42. The normalized spacial score (nSPS) is 9.74. The van der Waals surface area contributed by atoms with Gasteiger partial charge in [-0.05, 0) is 36.4 Å². The van der Waals surface area contributed by atoms with Gasteiger partial charge in [-0.15, -0.1) is 6.42 Å². The first-order valence-electron chi connectivity index (χ1n) is 7.13. The van der Waals surface area contributed by atoms with Gasteiger partial charge in [0.1, 0.15) is 18.2 Å². The molecule has 0 spiro atoms. The lowest BCUT2D eigenvalue weighted by Crippen LogP contribution is -2.25.